The van der Waals surface area contributed by atoms with Crippen molar-refractivity contribution < 1.29 is 9.53 Å². The number of carbonyl (C=O) groups excluding carboxylic acids is 1. The quantitative estimate of drug-likeness (QED) is 0.340. The zero-order chi connectivity index (χ0) is 19.5. The van der Waals surface area contributed by atoms with Crippen molar-refractivity contribution in [3.63, 3.8) is 0 Å². The van der Waals surface area contributed by atoms with Gasteiger partial charge in [-0.3, -0.25) is 15.1 Å². The number of hydrogen-bond donors (Lipinski definition) is 2. The van der Waals surface area contributed by atoms with Crippen LogP contribution in [-0.2, 0) is 0 Å². The third kappa shape index (κ3) is 4.11. The van der Waals surface area contributed by atoms with Crippen LogP contribution in [0.2, 0.25) is 0 Å². The van der Waals surface area contributed by atoms with Crippen molar-refractivity contribution in [2.75, 3.05) is 31.1 Å². The van der Waals surface area contributed by atoms with Crippen LogP contribution in [-0.4, -0.2) is 54.5 Å². The van der Waals surface area contributed by atoms with Crippen molar-refractivity contribution in [2.45, 2.75) is 25.0 Å². The molecule has 28 heavy (non-hydrogen) atoms. The molecule has 0 unspecified atom stereocenters. The average Bonchev–Trinajstić information content (AvgIpc) is 2.69. The van der Waals surface area contributed by atoms with Gasteiger partial charge in [0, 0.05) is 41.5 Å². The van der Waals surface area contributed by atoms with Crippen LogP contribution < -0.4 is 10.5 Å². The fourth-order valence-electron chi connectivity index (χ4n) is 3.80. The second-order valence-corrected chi connectivity index (χ2v) is 8.85. The molecular weight excluding hydrogens is 369 g/mol. The Bertz CT molecular complexity index is 857. The molecule has 2 aliphatic rings. The fraction of sp³-hybridized carbons (Fsp3) is 0.364. The van der Waals surface area contributed by atoms with E-state index in [9.17, 15) is 4.79 Å². The fourth-order valence-corrected chi connectivity index (χ4v) is 4.87. The minimum atomic E-state index is 0.268. The van der Waals surface area contributed by atoms with Crippen molar-refractivity contribution in [2.24, 2.45) is 0 Å². The molecule has 0 saturated carbocycles. The molecule has 0 aromatic heterocycles. The van der Waals surface area contributed by atoms with Crippen molar-refractivity contribution in [1.82, 2.24) is 4.90 Å². The smallest absolute Gasteiger partial charge is 0.150 e. The largest absolute Gasteiger partial charge is 0.490 e. The van der Waals surface area contributed by atoms with Crippen LogP contribution in [0, 0.1) is 5.41 Å². The zero-order valence-corrected chi connectivity index (χ0v) is 16.9. The molecule has 2 fully saturated rings. The van der Waals surface area contributed by atoms with E-state index in [1.165, 1.54) is 20.9 Å². The molecule has 6 heteroatoms. The van der Waals surface area contributed by atoms with Crippen LogP contribution in [0.3, 0.4) is 0 Å². The number of carbonyl (C=O) groups is 1. The van der Waals surface area contributed by atoms with Crippen LogP contribution in [0.1, 0.15) is 34.3 Å². The van der Waals surface area contributed by atoms with Gasteiger partial charge in [0.15, 0.2) is 0 Å². The van der Waals surface area contributed by atoms with Gasteiger partial charge in [-0.2, -0.15) is 0 Å². The SMILES string of the molecule is N=C(c1ccc(OC2CCN(C3CPC3)CC2)cc1)c1cc(C=O)ccc1N. The monoisotopic (exact) mass is 395 g/mol. The van der Waals surface area contributed by atoms with Gasteiger partial charge in [-0.25, -0.2) is 0 Å². The molecule has 2 aromatic carbocycles. The first-order valence-corrected chi connectivity index (χ1v) is 11.2. The Hall–Kier alpha value is -2.23. The summed E-state index contributed by atoms with van der Waals surface area (Å²) < 4.78 is 6.17. The van der Waals surface area contributed by atoms with Crippen molar-refractivity contribution in [3.05, 3.63) is 59.2 Å². The lowest BCUT2D eigenvalue weighted by molar-refractivity contribution is 0.0834. The van der Waals surface area contributed by atoms with Gasteiger partial charge in [0.1, 0.15) is 18.1 Å². The molecule has 0 amide bonds. The van der Waals surface area contributed by atoms with Gasteiger partial charge < -0.3 is 10.5 Å². The summed E-state index contributed by atoms with van der Waals surface area (Å²) in [7, 11) is 1.17. The topological polar surface area (TPSA) is 79.4 Å². The third-order valence-electron chi connectivity index (χ3n) is 5.68. The molecule has 0 atom stereocenters. The van der Waals surface area contributed by atoms with Gasteiger partial charge in [0.05, 0.1) is 5.71 Å². The maximum Gasteiger partial charge on any atom is 0.150 e. The lowest BCUT2D eigenvalue weighted by atomic mass is 9.99. The Morgan fingerprint density at radius 3 is 2.46 bits per heavy atom. The van der Waals surface area contributed by atoms with E-state index in [-0.39, 0.29) is 6.10 Å². The number of rotatable bonds is 6. The highest BCUT2D eigenvalue weighted by molar-refractivity contribution is 7.40. The molecule has 2 aromatic rings. The summed E-state index contributed by atoms with van der Waals surface area (Å²) in [4.78, 5) is 13.6. The number of ether oxygens (including phenoxy) is 1. The summed E-state index contributed by atoms with van der Waals surface area (Å²) in [6.45, 7) is 2.27. The van der Waals surface area contributed by atoms with Gasteiger partial charge in [-0.15, -0.1) is 8.58 Å². The van der Waals surface area contributed by atoms with Gasteiger partial charge in [0.2, 0.25) is 0 Å². The Labute approximate surface area is 167 Å². The van der Waals surface area contributed by atoms with E-state index in [1.807, 2.05) is 24.3 Å². The predicted molar refractivity (Wildman–Crippen MR) is 116 cm³/mol. The summed E-state index contributed by atoms with van der Waals surface area (Å²) in [6, 6.07) is 13.4. The third-order valence-corrected chi connectivity index (χ3v) is 7.20. The van der Waals surface area contributed by atoms with E-state index in [2.05, 4.69) is 4.90 Å². The number of benzene rings is 2. The number of aldehydes is 1. The van der Waals surface area contributed by atoms with E-state index in [0.29, 0.717) is 22.5 Å². The second kappa shape index (κ2) is 8.42. The highest BCUT2D eigenvalue weighted by Gasteiger charge is 2.29. The minimum absolute atomic E-state index is 0.268. The maximum atomic E-state index is 11.0. The number of anilines is 1. The number of nitrogens with two attached hydrogens (primary N) is 1. The first-order valence-electron chi connectivity index (χ1n) is 9.79. The Morgan fingerprint density at radius 2 is 1.86 bits per heavy atom. The number of nitrogen functional groups attached to an aromatic ring is 1. The van der Waals surface area contributed by atoms with Crippen molar-refractivity contribution >= 4 is 26.3 Å². The maximum absolute atomic E-state index is 11.0. The molecule has 5 nitrogen and oxygen atoms in total. The van der Waals surface area contributed by atoms with Crippen LogP contribution in [0.5, 0.6) is 5.75 Å². The highest BCUT2D eigenvalue weighted by Crippen LogP contribution is 2.31. The summed E-state index contributed by atoms with van der Waals surface area (Å²) >= 11 is 0. The normalized spacial score (nSPS) is 21.2. The molecule has 4 rings (SSSR count). The summed E-state index contributed by atoms with van der Waals surface area (Å²) in [5.74, 6) is 0.842. The lowest BCUT2D eigenvalue weighted by Crippen LogP contribution is -2.49. The summed E-state index contributed by atoms with van der Waals surface area (Å²) in [6.07, 6.45) is 5.96. The molecule has 0 spiro atoms. The molecule has 3 N–H and O–H groups in total. The standard InChI is InChI=1S/C22H26N3O2P/c23-21-6-1-15(12-26)11-20(21)22(24)16-2-4-18(5-3-16)27-19-7-9-25(10-8-19)17-13-28-14-17/h1-6,11-12,17,19,24,28H,7-10,13-14,23H2. The Kier molecular flexibility index (Phi) is 5.74. The van der Waals surface area contributed by atoms with Crippen molar-refractivity contribution in [3.8, 4) is 5.75 Å². The zero-order valence-electron chi connectivity index (χ0n) is 15.9. The first kappa shape index (κ1) is 19.1. The molecule has 0 radical (unpaired) electrons. The lowest BCUT2D eigenvalue weighted by Gasteiger charge is -2.41. The van der Waals surface area contributed by atoms with Gasteiger partial charge in [0.25, 0.3) is 0 Å². The molecule has 2 heterocycles. The molecule has 0 bridgehead atoms. The number of hydrogen-bond acceptors (Lipinski definition) is 5. The summed E-state index contributed by atoms with van der Waals surface area (Å²) in [5, 5.41) is 8.45. The molecule has 2 saturated heterocycles. The average molecular weight is 395 g/mol. The van der Waals surface area contributed by atoms with Crippen LogP contribution in [0.4, 0.5) is 5.69 Å². The van der Waals surface area contributed by atoms with Gasteiger partial charge in [-0.05, 0) is 67.6 Å². The van der Waals surface area contributed by atoms with Gasteiger partial charge >= 0.3 is 0 Å². The minimum Gasteiger partial charge on any atom is -0.490 e. The molecule has 2 aliphatic heterocycles. The first-order chi connectivity index (χ1) is 13.6. The van der Waals surface area contributed by atoms with E-state index < -0.39 is 0 Å². The van der Waals surface area contributed by atoms with E-state index in [1.54, 1.807) is 18.2 Å². The van der Waals surface area contributed by atoms with Crippen LogP contribution >= 0.6 is 8.58 Å². The second-order valence-electron chi connectivity index (χ2n) is 7.53. The molecule has 146 valence electrons. The van der Waals surface area contributed by atoms with E-state index >= 15 is 0 Å². The number of nitrogens with zero attached hydrogens (tertiary/aromatic N) is 1. The van der Waals surface area contributed by atoms with Crippen LogP contribution in [0.25, 0.3) is 0 Å². The number of nitrogens with one attached hydrogen (secondary N) is 1. The van der Waals surface area contributed by atoms with Crippen LogP contribution in [0.15, 0.2) is 42.5 Å². The number of piperidine rings is 1. The van der Waals surface area contributed by atoms with E-state index in [4.69, 9.17) is 15.9 Å². The predicted octanol–water partition coefficient (Wildman–Crippen LogP) is 3.40. The van der Waals surface area contributed by atoms with Gasteiger partial charge in [-0.1, -0.05) is 0 Å². The Balaban J connectivity index is 1.37. The molecule has 0 aliphatic carbocycles. The highest BCUT2D eigenvalue weighted by atomic mass is 31.1. The number of likely N-dealkylation sites (tertiary alicyclic amines) is 1. The molecular formula is C22H26N3O2P. The Morgan fingerprint density at radius 1 is 1.14 bits per heavy atom. The van der Waals surface area contributed by atoms with Crippen molar-refractivity contribution in [1.29, 1.82) is 5.41 Å². The van der Waals surface area contributed by atoms with E-state index in [0.717, 1.165) is 49.6 Å². The summed E-state index contributed by atoms with van der Waals surface area (Å²) in [5.41, 5.74) is 8.64.